The van der Waals surface area contributed by atoms with E-state index in [9.17, 15) is 23.5 Å². The zero-order valence-corrected chi connectivity index (χ0v) is 11.3. The minimum absolute atomic E-state index is 0.0275. The fourth-order valence-electron chi connectivity index (χ4n) is 1.92. The molecule has 0 saturated heterocycles. The van der Waals surface area contributed by atoms with Gasteiger partial charge in [-0.2, -0.15) is 0 Å². The van der Waals surface area contributed by atoms with Crippen LogP contribution in [0.25, 0.3) is 0 Å². The summed E-state index contributed by atoms with van der Waals surface area (Å²) in [5.41, 5.74) is -1.90. The third-order valence-electron chi connectivity index (χ3n) is 3.19. The summed E-state index contributed by atoms with van der Waals surface area (Å²) in [6.45, 7) is 3.09. The van der Waals surface area contributed by atoms with E-state index in [1.165, 1.54) is 6.92 Å². The van der Waals surface area contributed by atoms with E-state index in [4.69, 9.17) is 4.74 Å². The number of carboxylic acid groups (broad SMARTS) is 1. The lowest BCUT2D eigenvalue weighted by atomic mass is 9.79. The quantitative estimate of drug-likeness (QED) is 0.645. The van der Waals surface area contributed by atoms with Gasteiger partial charge in [0.25, 0.3) is 0 Å². The second kappa shape index (κ2) is 6.45. The van der Waals surface area contributed by atoms with Crippen LogP contribution in [0.5, 0.6) is 0 Å². The van der Waals surface area contributed by atoms with E-state index in [1.807, 2.05) is 0 Å². The molecule has 1 rings (SSSR count). The van der Waals surface area contributed by atoms with Gasteiger partial charge in [0.15, 0.2) is 5.41 Å². The van der Waals surface area contributed by atoms with E-state index >= 15 is 0 Å². The van der Waals surface area contributed by atoms with Crippen LogP contribution in [0.3, 0.4) is 0 Å². The largest absolute Gasteiger partial charge is 0.480 e. The van der Waals surface area contributed by atoms with Crippen molar-refractivity contribution in [3.63, 3.8) is 0 Å². The van der Waals surface area contributed by atoms with E-state index in [2.05, 4.69) is 0 Å². The van der Waals surface area contributed by atoms with Gasteiger partial charge in [0, 0.05) is 12.5 Å². The zero-order valence-electron chi connectivity index (χ0n) is 11.3. The molecule has 1 atom stereocenters. The van der Waals surface area contributed by atoms with Gasteiger partial charge in [-0.05, 0) is 25.0 Å². The molecular formula is C14H16F2O4. The summed E-state index contributed by atoms with van der Waals surface area (Å²) < 4.78 is 31.3. The molecule has 1 unspecified atom stereocenters. The molecule has 1 aromatic carbocycles. The van der Waals surface area contributed by atoms with Gasteiger partial charge in [0.05, 0.1) is 6.61 Å². The van der Waals surface area contributed by atoms with Gasteiger partial charge in [0.1, 0.15) is 11.6 Å². The first-order valence-corrected chi connectivity index (χ1v) is 6.22. The van der Waals surface area contributed by atoms with Gasteiger partial charge in [-0.15, -0.1) is 0 Å². The number of carboxylic acids is 1. The molecule has 0 radical (unpaired) electrons. The normalized spacial score (nSPS) is 13.6. The number of esters is 1. The van der Waals surface area contributed by atoms with Gasteiger partial charge < -0.3 is 9.84 Å². The van der Waals surface area contributed by atoms with Gasteiger partial charge in [-0.25, -0.2) is 8.78 Å². The summed E-state index contributed by atoms with van der Waals surface area (Å²) in [6, 6.07) is 2.81. The first-order valence-electron chi connectivity index (χ1n) is 6.22. The monoisotopic (exact) mass is 286 g/mol. The molecule has 6 heteroatoms. The van der Waals surface area contributed by atoms with Crippen molar-refractivity contribution >= 4 is 11.9 Å². The van der Waals surface area contributed by atoms with Crippen molar-refractivity contribution < 1.29 is 28.2 Å². The van der Waals surface area contributed by atoms with Gasteiger partial charge in [0.2, 0.25) is 0 Å². The summed E-state index contributed by atoms with van der Waals surface area (Å²) in [4.78, 5) is 23.4. The van der Waals surface area contributed by atoms with Crippen molar-refractivity contribution in [1.82, 2.24) is 0 Å². The van der Waals surface area contributed by atoms with Crippen LogP contribution >= 0.6 is 0 Å². The van der Waals surface area contributed by atoms with Crippen molar-refractivity contribution in [2.75, 3.05) is 6.61 Å². The van der Waals surface area contributed by atoms with E-state index in [-0.39, 0.29) is 25.0 Å². The molecule has 0 saturated carbocycles. The van der Waals surface area contributed by atoms with Crippen molar-refractivity contribution in [2.45, 2.75) is 26.7 Å². The Balaban J connectivity index is 3.18. The van der Waals surface area contributed by atoms with Gasteiger partial charge >= 0.3 is 11.9 Å². The maximum atomic E-state index is 13.6. The standard InChI is InChI=1S/C14H16F2O4/c1-3-14(12(17)18,13(19)20-4-2)8-9-5-6-10(15)7-11(9)16/h5-7H,3-4,8H2,1-2H3,(H,17,18). The average molecular weight is 286 g/mol. The molecular weight excluding hydrogens is 270 g/mol. The van der Waals surface area contributed by atoms with Crippen LogP contribution in [0.1, 0.15) is 25.8 Å². The Bertz CT molecular complexity index is 516. The lowest BCUT2D eigenvalue weighted by molar-refractivity contribution is -0.168. The summed E-state index contributed by atoms with van der Waals surface area (Å²) >= 11 is 0. The predicted molar refractivity (Wildman–Crippen MR) is 67.1 cm³/mol. The topological polar surface area (TPSA) is 63.6 Å². The highest BCUT2D eigenvalue weighted by Gasteiger charge is 2.46. The molecule has 1 N–H and O–H groups in total. The molecule has 0 heterocycles. The first kappa shape index (κ1) is 16.1. The fourth-order valence-corrected chi connectivity index (χ4v) is 1.92. The molecule has 0 fully saturated rings. The highest BCUT2D eigenvalue weighted by atomic mass is 19.1. The minimum Gasteiger partial charge on any atom is -0.480 e. The summed E-state index contributed by atoms with van der Waals surface area (Å²) in [5.74, 6) is -3.95. The van der Waals surface area contributed by atoms with Crippen molar-refractivity contribution in [3.05, 3.63) is 35.4 Å². The number of carbonyl (C=O) groups is 2. The maximum Gasteiger partial charge on any atom is 0.323 e. The Morgan fingerprint density at radius 2 is 1.95 bits per heavy atom. The second-order valence-corrected chi connectivity index (χ2v) is 4.37. The van der Waals surface area contributed by atoms with Crippen LogP contribution < -0.4 is 0 Å². The van der Waals surface area contributed by atoms with E-state index in [0.717, 1.165) is 12.1 Å². The van der Waals surface area contributed by atoms with Crippen LogP contribution in [0, 0.1) is 17.0 Å². The second-order valence-electron chi connectivity index (χ2n) is 4.37. The van der Waals surface area contributed by atoms with Crippen LogP contribution in [0.15, 0.2) is 18.2 Å². The molecule has 0 aliphatic rings. The third-order valence-corrected chi connectivity index (χ3v) is 3.19. The summed E-state index contributed by atoms with van der Waals surface area (Å²) in [7, 11) is 0. The van der Waals surface area contributed by atoms with E-state index in [0.29, 0.717) is 6.07 Å². The fraction of sp³-hybridized carbons (Fsp3) is 0.429. The number of aliphatic carboxylic acids is 1. The lowest BCUT2D eigenvalue weighted by Crippen LogP contribution is -2.42. The molecule has 4 nitrogen and oxygen atoms in total. The number of halogens is 2. The Hall–Kier alpha value is -1.98. The van der Waals surface area contributed by atoms with Crippen LogP contribution in [0.2, 0.25) is 0 Å². The third kappa shape index (κ3) is 3.12. The first-order chi connectivity index (χ1) is 9.37. The molecule has 0 spiro atoms. The Morgan fingerprint density at radius 1 is 1.30 bits per heavy atom. The smallest absolute Gasteiger partial charge is 0.323 e. The summed E-state index contributed by atoms with van der Waals surface area (Å²) in [6.07, 6.45) is -0.443. The van der Waals surface area contributed by atoms with Gasteiger partial charge in [-0.3, -0.25) is 9.59 Å². The van der Waals surface area contributed by atoms with Gasteiger partial charge in [-0.1, -0.05) is 13.0 Å². The molecule has 20 heavy (non-hydrogen) atoms. The zero-order chi connectivity index (χ0) is 15.3. The Kier molecular flexibility index (Phi) is 5.19. The average Bonchev–Trinajstić information content (AvgIpc) is 2.38. The number of carbonyl (C=O) groups excluding carboxylic acids is 1. The molecule has 1 aromatic rings. The number of hydrogen-bond donors (Lipinski definition) is 1. The van der Waals surface area contributed by atoms with Crippen LogP contribution in [-0.2, 0) is 20.7 Å². The Labute approximate surface area is 115 Å². The number of ether oxygens (including phenoxy) is 1. The highest BCUT2D eigenvalue weighted by Crippen LogP contribution is 2.30. The number of benzene rings is 1. The van der Waals surface area contributed by atoms with Crippen molar-refractivity contribution in [2.24, 2.45) is 5.41 Å². The van der Waals surface area contributed by atoms with E-state index in [1.54, 1.807) is 6.92 Å². The van der Waals surface area contributed by atoms with Crippen LogP contribution in [-0.4, -0.2) is 23.7 Å². The molecule has 0 amide bonds. The van der Waals surface area contributed by atoms with Crippen molar-refractivity contribution in [1.29, 1.82) is 0 Å². The molecule has 0 aliphatic heterocycles. The lowest BCUT2D eigenvalue weighted by Gasteiger charge is -2.26. The van der Waals surface area contributed by atoms with Crippen molar-refractivity contribution in [3.8, 4) is 0 Å². The SMILES string of the molecule is CCOC(=O)C(CC)(Cc1ccc(F)cc1F)C(=O)O. The minimum atomic E-state index is -1.87. The number of rotatable bonds is 6. The van der Waals surface area contributed by atoms with Crippen LogP contribution in [0.4, 0.5) is 8.78 Å². The summed E-state index contributed by atoms with van der Waals surface area (Å²) in [5, 5.41) is 9.33. The Morgan fingerprint density at radius 3 is 2.40 bits per heavy atom. The highest BCUT2D eigenvalue weighted by molar-refractivity contribution is 5.99. The molecule has 110 valence electrons. The molecule has 0 aromatic heterocycles. The number of hydrogen-bond acceptors (Lipinski definition) is 3. The van der Waals surface area contributed by atoms with E-state index < -0.39 is 29.0 Å². The molecule has 0 bridgehead atoms. The maximum absolute atomic E-state index is 13.6. The predicted octanol–water partition coefficient (Wildman–Crippen LogP) is 2.55. The molecule has 0 aliphatic carbocycles.